The number of benzene rings is 1. The standard InChI is InChI=1S/C18H22N2O2/c1-12-16(19)11-15(18(21)20-12)14-9-5-6-10-17(14)22-13-7-3-2-4-8-13/h5-6,9-11,13H,2-4,7-8,19H2,1H3,(H,20,21). The van der Waals surface area contributed by atoms with Gasteiger partial charge < -0.3 is 15.5 Å². The topological polar surface area (TPSA) is 68.1 Å². The van der Waals surface area contributed by atoms with Gasteiger partial charge in [0.1, 0.15) is 5.75 Å². The number of anilines is 1. The van der Waals surface area contributed by atoms with Gasteiger partial charge in [-0.25, -0.2) is 0 Å². The summed E-state index contributed by atoms with van der Waals surface area (Å²) in [5.41, 5.74) is 8.47. The highest BCUT2D eigenvalue weighted by Crippen LogP contribution is 2.32. The molecule has 1 saturated carbocycles. The molecule has 1 aromatic carbocycles. The summed E-state index contributed by atoms with van der Waals surface area (Å²) in [5, 5.41) is 0. The molecular weight excluding hydrogens is 276 g/mol. The molecule has 3 N–H and O–H groups in total. The number of nitrogen functional groups attached to an aromatic ring is 1. The molecule has 0 amide bonds. The average molecular weight is 298 g/mol. The van der Waals surface area contributed by atoms with Crippen LogP contribution in [-0.2, 0) is 0 Å². The van der Waals surface area contributed by atoms with Crippen LogP contribution >= 0.6 is 0 Å². The van der Waals surface area contributed by atoms with Crippen molar-refractivity contribution in [3.63, 3.8) is 0 Å². The van der Waals surface area contributed by atoms with E-state index in [0.29, 0.717) is 16.9 Å². The lowest BCUT2D eigenvalue weighted by Gasteiger charge is -2.24. The van der Waals surface area contributed by atoms with E-state index in [1.165, 1.54) is 19.3 Å². The number of aryl methyl sites for hydroxylation is 1. The average Bonchev–Trinajstić information content (AvgIpc) is 2.53. The van der Waals surface area contributed by atoms with Crippen LogP contribution in [0.4, 0.5) is 5.69 Å². The number of rotatable bonds is 3. The number of hydrogen-bond acceptors (Lipinski definition) is 3. The Morgan fingerprint density at radius 1 is 1.14 bits per heavy atom. The molecule has 2 aromatic rings. The monoisotopic (exact) mass is 298 g/mol. The maximum atomic E-state index is 12.3. The molecule has 0 bridgehead atoms. The Hall–Kier alpha value is -2.23. The highest BCUT2D eigenvalue weighted by atomic mass is 16.5. The summed E-state index contributed by atoms with van der Waals surface area (Å²) in [7, 11) is 0. The van der Waals surface area contributed by atoms with Crippen LogP contribution in [0, 0.1) is 6.92 Å². The van der Waals surface area contributed by atoms with Gasteiger partial charge in [0.15, 0.2) is 0 Å². The molecule has 0 saturated heterocycles. The summed E-state index contributed by atoms with van der Waals surface area (Å²) >= 11 is 0. The fourth-order valence-corrected chi connectivity index (χ4v) is 2.99. The third-order valence-electron chi connectivity index (χ3n) is 4.30. The van der Waals surface area contributed by atoms with Crippen LogP contribution in [0.15, 0.2) is 35.1 Å². The van der Waals surface area contributed by atoms with E-state index in [1.807, 2.05) is 24.3 Å². The second-order valence-electron chi connectivity index (χ2n) is 5.97. The van der Waals surface area contributed by atoms with Crippen molar-refractivity contribution in [2.75, 3.05) is 5.73 Å². The summed E-state index contributed by atoms with van der Waals surface area (Å²) in [6, 6.07) is 9.43. The number of nitrogens with one attached hydrogen (secondary N) is 1. The predicted molar refractivity (Wildman–Crippen MR) is 89.1 cm³/mol. The van der Waals surface area contributed by atoms with Crippen LogP contribution in [0.2, 0.25) is 0 Å². The number of ether oxygens (including phenoxy) is 1. The van der Waals surface area contributed by atoms with Gasteiger partial charge in [-0.3, -0.25) is 4.79 Å². The van der Waals surface area contributed by atoms with Crippen molar-refractivity contribution in [3.05, 3.63) is 46.4 Å². The Bertz CT molecular complexity index is 715. The van der Waals surface area contributed by atoms with Crippen molar-refractivity contribution in [1.29, 1.82) is 0 Å². The first-order valence-corrected chi connectivity index (χ1v) is 7.90. The Morgan fingerprint density at radius 3 is 2.64 bits per heavy atom. The van der Waals surface area contributed by atoms with Crippen LogP contribution in [0.5, 0.6) is 5.75 Å². The minimum Gasteiger partial charge on any atom is -0.490 e. The number of aromatic amines is 1. The molecule has 3 rings (SSSR count). The van der Waals surface area contributed by atoms with Gasteiger partial charge in [0.25, 0.3) is 5.56 Å². The molecule has 1 fully saturated rings. The van der Waals surface area contributed by atoms with Crippen LogP contribution in [0.25, 0.3) is 11.1 Å². The quantitative estimate of drug-likeness (QED) is 0.909. The SMILES string of the molecule is Cc1[nH]c(=O)c(-c2ccccc2OC2CCCCC2)cc1N. The molecule has 1 heterocycles. The zero-order valence-electron chi connectivity index (χ0n) is 12.9. The molecule has 1 aliphatic carbocycles. The van der Waals surface area contributed by atoms with Gasteiger partial charge in [0, 0.05) is 11.3 Å². The number of nitrogens with two attached hydrogens (primary N) is 1. The van der Waals surface area contributed by atoms with E-state index in [4.69, 9.17) is 10.5 Å². The van der Waals surface area contributed by atoms with Crippen molar-refractivity contribution in [2.24, 2.45) is 0 Å². The van der Waals surface area contributed by atoms with Crippen molar-refractivity contribution in [1.82, 2.24) is 4.98 Å². The zero-order chi connectivity index (χ0) is 15.5. The summed E-state index contributed by atoms with van der Waals surface area (Å²) in [5.74, 6) is 0.767. The smallest absolute Gasteiger partial charge is 0.256 e. The van der Waals surface area contributed by atoms with E-state index >= 15 is 0 Å². The van der Waals surface area contributed by atoms with Crippen LogP contribution in [-0.4, -0.2) is 11.1 Å². The lowest BCUT2D eigenvalue weighted by molar-refractivity contribution is 0.155. The lowest BCUT2D eigenvalue weighted by Crippen LogP contribution is -2.20. The maximum Gasteiger partial charge on any atom is 0.256 e. The maximum absolute atomic E-state index is 12.3. The molecule has 0 aliphatic heterocycles. The predicted octanol–water partition coefficient (Wildman–Crippen LogP) is 3.64. The first kappa shape index (κ1) is 14.7. The Labute approximate surface area is 130 Å². The normalized spacial score (nSPS) is 15.7. The largest absolute Gasteiger partial charge is 0.490 e. The van der Waals surface area contributed by atoms with E-state index in [2.05, 4.69) is 4.98 Å². The molecular formula is C18H22N2O2. The van der Waals surface area contributed by atoms with Gasteiger partial charge in [-0.15, -0.1) is 0 Å². The summed E-state index contributed by atoms with van der Waals surface area (Å²) in [6.45, 7) is 1.80. The number of hydrogen-bond donors (Lipinski definition) is 2. The number of pyridine rings is 1. The number of para-hydroxylation sites is 1. The van der Waals surface area contributed by atoms with Crippen LogP contribution in [0.3, 0.4) is 0 Å². The van der Waals surface area contributed by atoms with Gasteiger partial charge in [-0.05, 0) is 44.7 Å². The first-order chi connectivity index (χ1) is 10.6. The molecule has 0 unspecified atom stereocenters. The Morgan fingerprint density at radius 2 is 1.86 bits per heavy atom. The van der Waals surface area contributed by atoms with E-state index in [-0.39, 0.29) is 11.7 Å². The summed E-state index contributed by atoms with van der Waals surface area (Å²) in [6.07, 6.45) is 6.13. The van der Waals surface area contributed by atoms with Crippen LogP contribution < -0.4 is 16.0 Å². The third kappa shape index (κ3) is 3.01. The minimum atomic E-state index is -0.133. The zero-order valence-corrected chi connectivity index (χ0v) is 12.9. The molecule has 1 aromatic heterocycles. The van der Waals surface area contributed by atoms with Gasteiger partial charge in [0.05, 0.1) is 17.4 Å². The van der Waals surface area contributed by atoms with Gasteiger partial charge in [-0.1, -0.05) is 24.6 Å². The Kier molecular flexibility index (Phi) is 4.18. The van der Waals surface area contributed by atoms with E-state index in [1.54, 1.807) is 13.0 Å². The number of H-pyrrole nitrogens is 1. The second-order valence-corrected chi connectivity index (χ2v) is 5.97. The first-order valence-electron chi connectivity index (χ1n) is 7.90. The molecule has 116 valence electrons. The second kappa shape index (κ2) is 6.26. The molecule has 22 heavy (non-hydrogen) atoms. The molecule has 4 nitrogen and oxygen atoms in total. The molecule has 0 spiro atoms. The fourth-order valence-electron chi connectivity index (χ4n) is 2.99. The molecule has 4 heteroatoms. The van der Waals surface area contributed by atoms with Crippen molar-refractivity contribution < 1.29 is 4.74 Å². The fraction of sp³-hybridized carbons (Fsp3) is 0.389. The van der Waals surface area contributed by atoms with Crippen molar-refractivity contribution >= 4 is 5.69 Å². The van der Waals surface area contributed by atoms with E-state index in [9.17, 15) is 4.79 Å². The third-order valence-corrected chi connectivity index (χ3v) is 4.30. The molecule has 0 atom stereocenters. The summed E-state index contributed by atoms with van der Waals surface area (Å²) < 4.78 is 6.17. The number of aromatic nitrogens is 1. The van der Waals surface area contributed by atoms with E-state index in [0.717, 1.165) is 24.2 Å². The van der Waals surface area contributed by atoms with Crippen molar-refractivity contribution in [3.8, 4) is 16.9 Å². The van der Waals surface area contributed by atoms with Gasteiger partial charge in [-0.2, -0.15) is 0 Å². The van der Waals surface area contributed by atoms with E-state index < -0.39 is 0 Å². The van der Waals surface area contributed by atoms with Crippen molar-refractivity contribution in [2.45, 2.75) is 45.1 Å². The Balaban J connectivity index is 1.97. The van der Waals surface area contributed by atoms with Crippen LogP contribution in [0.1, 0.15) is 37.8 Å². The van der Waals surface area contributed by atoms with Gasteiger partial charge in [0.2, 0.25) is 0 Å². The van der Waals surface area contributed by atoms with Gasteiger partial charge >= 0.3 is 0 Å². The molecule has 1 aliphatic rings. The highest BCUT2D eigenvalue weighted by molar-refractivity contribution is 5.72. The lowest BCUT2D eigenvalue weighted by atomic mass is 9.97. The molecule has 0 radical (unpaired) electrons. The summed E-state index contributed by atoms with van der Waals surface area (Å²) in [4.78, 5) is 15.1. The highest BCUT2D eigenvalue weighted by Gasteiger charge is 2.18. The minimum absolute atomic E-state index is 0.133.